The second-order valence-electron chi connectivity index (χ2n) is 13.4. The molecular formula is C40H50N6O7. The van der Waals surface area contributed by atoms with Crippen LogP contribution in [0.15, 0.2) is 54.6 Å². The van der Waals surface area contributed by atoms with Gasteiger partial charge in [0.05, 0.1) is 59.3 Å². The number of amides is 1. The summed E-state index contributed by atoms with van der Waals surface area (Å²) in [7, 11) is 7.94. The van der Waals surface area contributed by atoms with Crippen molar-refractivity contribution in [3.8, 4) is 34.8 Å². The molecule has 282 valence electrons. The third-order valence-corrected chi connectivity index (χ3v) is 10.6. The zero-order chi connectivity index (χ0) is 37.4. The molecule has 3 heterocycles. The first-order chi connectivity index (χ1) is 25.9. The highest BCUT2D eigenvalue weighted by Gasteiger charge is 2.42. The van der Waals surface area contributed by atoms with Crippen molar-refractivity contribution in [1.29, 1.82) is 5.26 Å². The monoisotopic (exact) mass is 726 g/mol. The first-order valence-electron chi connectivity index (χ1n) is 18.1. The van der Waals surface area contributed by atoms with Crippen LogP contribution in [0.5, 0.6) is 28.7 Å². The van der Waals surface area contributed by atoms with Gasteiger partial charge < -0.3 is 47.7 Å². The van der Waals surface area contributed by atoms with Gasteiger partial charge in [0.15, 0.2) is 23.0 Å². The molecule has 0 N–H and O–H groups in total. The third-order valence-electron chi connectivity index (χ3n) is 10.6. The number of likely N-dealkylation sites (tertiary alicyclic amines) is 1. The molecule has 0 radical (unpaired) electrons. The van der Waals surface area contributed by atoms with Gasteiger partial charge in [-0.05, 0) is 74.3 Å². The Bertz CT molecular complexity index is 1900. The standard InChI is InChI=1S/C40H50N6O7/c1-48-33-12-11-30(27-34(33)49-2)40(14-19-45(28-40)38(47)29-25-35(50-3)37(52-5)36(26-29)51-4)13-18-43-16-8-17-44(21-20-43)39-42-31-9-6-7-10-32(31)46(39)22-24-53-23-15-41/h6-7,9-12,25-27H,8,13-14,16-24,28H2,1-5H3. The first-order valence-corrected chi connectivity index (χ1v) is 18.1. The number of nitrogens with zero attached hydrogens (tertiary/aromatic N) is 6. The molecule has 2 fully saturated rings. The summed E-state index contributed by atoms with van der Waals surface area (Å²) in [5.41, 5.74) is 3.32. The van der Waals surface area contributed by atoms with E-state index in [0.29, 0.717) is 60.6 Å². The molecule has 4 aromatic rings. The number of methoxy groups -OCH3 is 5. The van der Waals surface area contributed by atoms with Gasteiger partial charge in [0.25, 0.3) is 5.91 Å². The fraction of sp³-hybridized carbons (Fsp3) is 0.475. The summed E-state index contributed by atoms with van der Waals surface area (Å²) >= 11 is 0. The van der Waals surface area contributed by atoms with Crippen molar-refractivity contribution in [3.05, 3.63) is 65.7 Å². The number of aromatic nitrogens is 2. The zero-order valence-electron chi connectivity index (χ0n) is 31.4. The number of fused-ring (bicyclic) bond motifs is 1. The SMILES string of the molecule is COc1ccc(C2(CCN3CCCN(c4nc5ccccc5n4CCOCC#N)CC3)CCN(C(=O)c3cc(OC)c(OC)c(OC)c3)C2)cc1OC. The molecule has 1 unspecified atom stereocenters. The van der Waals surface area contributed by atoms with Gasteiger partial charge in [-0.15, -0.1) is 0 Å². The highest BCUT2D eigenvalue weighted by atomic mass is 16.5. The summed E-state index contributed by atoms with van der Waals surface area (Å²) in [4.78, 5) is 26.0. The Morgan fingerprint density at radius 1 is 0.830 bits per heavy atom. The van der Waals surface area contributed by atoms with Crippen molar-refractivity contribution in [2.45, 2.75) is 31.2 Å². The number of nitriles is 1. The Hall–Kier alpha value is -5.19. The second-order valence-corrected chi connectivity index (χ2v) is 13.4. The van der Waals surface area contributed by atoms with E-state index in [1.165, 1.54) is 0 Å². The van der Waals surface area contributed by atoms with Crippen molar-refractivity contribution in [2.24, 2.45) is 0 Å². The van der Waals surface area contributed by atoms with E-state index >= 15 is 0 Å². The number of hydrogen-bond acceptors (Lipinski definition) is 11. The molecule has 6 rings (SSSR count). The molecule has 3 aromatic carbocycles. The van der Waals surface area contributed by atoms with Gasteiger partial charge in [-0.25, -0.2) is 4.98 Å². The van der Waals surface area contributed by atoms with Gasteiger partial charge in [0.1, 0.15) is 6.61 Å². The van der Waals surface area contributed by atoms with E-state index in [-0.39, 0.29) is 17.9 Å². The fourth-order valence-corrected chi connectivity index (χ4v) is 7.75. The molecule has 2 aliphatic heterocycles. The zero-order valence-corrected chi connectivity index (χ0v) is 31.4. The summed E-state index contributed by atoms with van der Waals surface area (Å²) in [5.74, 6) is 3.53. The van der Waals surface area contributed by atoms with Crippen LogP contribution in [0, 0.1) is 11.3 Å². The molecule has 1 aromatic heterocycles. The van der Waals surface area contributed by atoms with E-state index < -0.39 is 0 Å². The van der Waals surface area contributed by atoms with Gasteiger partial charge >= 0.3 is 0 Å². The Labute approximate surface area is 311 Å². The van der Waals surface area contributed by atoms with E-state index in [2.05, 4.69) is 38.6 Å². The lowest BCUT2D eigenvalue weighted by Crippen LogP contribution is -2.39. The number of imidazole rings is 1. The Kier molecular flexibility index (Phi) is 12.1. The molecule has 13 nitrogen and oxygen atoms in total. The van der Waals surface area contributed by atoms with Crippen LogP contribution in [0.25, 0.3) is 11.0 Å². The number of para-hydroxylation sites is 2. The molecule has 2 saturated heterocycles. The molecule has 1 amide bonds. The average molecular weight is 727 g/mol. The lowest BCUT2D eigenvalue weighted by Gasteiger charge is -2.33. The number of anilines is 1. The van der Waals surface area contributed by atoms with Gasteiger partial charge in [-0.2, -0.15) is 5.26 Å². The van der Waals surface area contributed by atoms with Crippen molar-refractivity contribution in [3.63, 3.8) is 0 Å². The van der Waals surface area contributed by atoms with Gasteiger partial charge in [0.2, 0.25) is 11.7 Å². The minimum Gasteiger partial charge on any atom is -0.493 e. The molecule has 0 bridgehead atoms. The molecule has 0 saturated carbocycles. The Morgan fingerprint density at radius 2 is 1.58 bits per heavy atom. The van der Waals surface area contributed by atoms with Crippen LogP contribution in [0.1, 0.15) is 35.2 Å². The van der Waals surface area contributed by atoms with Gasteiger partial charge in [-0.3, -0.25) is 4.79 Å². The largest absolute Gasteiger partial charge is 0.493 e. The lowest BCUT2D eigenvalue weighted by atomic mass is 9.76. The predicted octanol–water partition coefficient (Wildman–Crippen LogP) is 5.01. The van der Waals surface area contributed by atoms with E-state index in [1.807, 2.05) is 29.2 Å². The number of carbonyl (C=O) groups excluding carboxylic acids is 1. The van der Waals surface area contributed by atoms with Crippen LogP contribution in [0.4, 0.5) is 5.95 Å². The number of carbonyl (C=O) groups is 1. The quantitative estimate of drug-likeness (QED) is 0.154. The van der Waals surface area contributed by atoms with Crippen LogP contribution >= 0.6 is 0 Å². The highest BCUT2D eigenvalue weighted by Crippen LogP contribution is 2.43. The lowest BCUT2D eigenvalue weighted by molar-refractivity contribution is 0.0780. The average Bonchev–Trinajstić information content (AvgIpc) is 3.72. The minimum absolute atomic E-state index is 0.0718. The smallest absolute Gasteiger partial charge is 0.254 e. The highest BCUT2D eigenvalue weighted by molar-refractivity contribution is 5.96. The number of benzene rings is 3. The first kappa shape index (κ1) is 37.6. The maximum atomic E-state index is 14.1. The molecule has 0 aliphatic carbocycles. The van der Waals surface area contributed by atoms with Crippen LogP contribution in [-0.4, -0.2) is 120 Å². The van der Waals surface area contributed by atoms with Crippen molar-refractivity contribution in [1.82, 2.24) is 19.4 Å². The van der Waals surface area contributed by atoms with Crippen molar-refractivity contribution >= 4 is 22.9 Å². The van der Waals surface area contributed by atoms with Crippen LogP contribution in [0.3, 0.4) is 0 Å². The van der Waals surface area contributed by atoms with E-state index in [0.717, 1.165) is 74.5 Å². The van der Waals surface area contributed by atoms with Crippen molar-refractivity contribution < 1.29 is 33.2 Å². The third kappa shape index (κ3) is 7.94. The summed E-state index contributed by atoms with van der Waals surface area (Å²) in [5, 5.41) is 8.94. The summed E-state index contributed by atoms with van der Waals surface area (Å²) < 4.78 is 35.7. The molecule has 1 atom stereocenters. The van der Waals surface area contributed by atoms with Crippen LogP contribution in [0.2, 0.25) is 0 Å². The predicted molar refractivity (Wildman–Crippen MR) is 202 cm³/mol. The maximum absolute atomic E-state index is 14.1. The van der Waals surface area contributed by atoms with Crippen molar-refractivity contribution in [2.75, 3.05) is 99.5 Å². The number of hydrogen-bond donors (Lipinski definition) is 0. The Morgan fingerprint density at radius 3 is 2.30 bits per heavy atom. The summed E-state index contributed by atoms with van der Waals surface area (Å²) in [6, 6.07) is 19.8. The molecular weight excluding hydrogens is 676 g/mol. The van der Waals surface area contributed by atoms with Crippen LogP contribution < -0.4 is 28.6 Å². The summed E-state index contributed by atoms with van der Waals surface area (Å²) in [6.45, 7) is 6.71. The molecule has 13 heteroatoms. The molecule has 2 aliphatic rings. The van der Waals surface area contributed by atoms with E-state index in [1.54, 1.807) is 47.7 Å². The van der Waals surface area contributed by atoms with Gasteiger partial charge in [-0.1, -0.05) is 18.2 Å². The molecule has 53 heavy (non-hydrogen) atoms. The minimum atomic E-state index is -0.306. The Balaban J connectivity index is 1.21. The molecule has 0 spiro atoms. The van der Waals surface area contributed by atoms with Gasteiger partial charge in [0, 0.05) is 50.2 Å². The number of rotatable bonds is 15. The van der Waals surface area contributed by atoms with E-state index in [4.69, 9.17) is 38.7 Å². The topological polar surface area (TPSA) is 124 Å². The summed E-state index contributed by atoms with van der Waals surface area (Å²) in [6.07, 6.45) is 2.65. The second kappa shape index (κ2) is 17.1. The van der Waals surface area contributed by atoms with E-state index in [9.17, 15) is 4.79 Å². The number of ether oxygens (including phenoxy) is 6. The maximum Gasteiger partial charge on any atom is 0.254 e. The normalized spacial score (nSPS) is 17.7. The van der Waals surface area contributed by atoms with Crippen LogP contribution in [-0.2, 0) is 16.7 Å². The fourth-order valence-electron chi connectivity index (χ4n) is 7.75.